The van der Waals surface area contributed by atoms with Crippen molar-refractivity contribution >= 4 is 5.91 Å². The largest absolute Gasteiger partial charge is 0.477 e. The molecule has 1 fully saturated rings. The van der Waals surface area contributed by atoms with E-state index in [9.17, 15) is 4.79 Å². The zero-order valence-electron chi connectivity index (χ0n) is 18.0. The maximum Gasteiger partial charge on any atom is 0.227 e. The summed E-state index contributed by atoms with van der Waals surface area (Å²) in [7, 11) is 0. The van der Waals surface area contributed by atoms with Gasteiger partial charge in [-0.05, 0) is 35.8 Å². The molecule has 7 nitrogen and oxygen atoms in total. The minimum Gasteiger partial charge on any atom is -0.477 e. The number of pyridine rings is 1. The van der Waals surface area contributed by atoms with E-state index in [1.54, 1.807) is 6.20 Å². The summed E-state index contributed by atoms with van der Waals surface area (Å²) in [4.78, 5) is 20.9. The molecule has 3 aromatic rings. The van der Waals surface area contributed by atoms with Gasteiger partial charge in [0.1, 0.15) is 0 Å². The van der Waals surface area contributed by atoms with Crippen molar-refractivity contribution in [3.63, 3.8) is 0 Å². The number of aryl methyl sites for hydroxylation is 1. The van der Waals surface area contributed by atoms with Crippen molar-refractivity contribution in [3.8, 4) is 17.3 Å². The lowest BCUT2D eigenvalue weighted by Gasteiger charge is -2.06. The minimum atomic E-state index is -0.0740. The van der Waals surface area contributed by atoms with Crippen molar-refractivity contribution < 1.29 is 14.1 Å². The molecular formula is C24H28N4O3. The number of benzene rings is 1. The second-order valence-electron chi connectivity index (χ2n) is 8.32. The van der Waals surface area contributed by atoms with Gasteiger partial charge in [0.15, 0.2) is 0 Å². The number of aromatic nitrogens is 3. The van der Waals surface area contributed by atoms with Gasteiger partial charge >= 0.3 is 0 Å². The molecule has 0 atom stereocenters. The lowest BCUT2D eigenvalue weighted by atomic mass is 10.0. The standard InChI is InChI=1S/C24H28N4O3/c1-16(2)19-6-8-20(9-7-19)24-27-23(31-28-24)12-10-21(29)25-13-18-5-11-22(26-14-18)30-15-17-3-4-17/h5-9,11,14,16-17H,3-4,10,12-13,15H2,1-2H3,(H,25,29). The third-order valence-electron chi connectivity index (χ3n) is 5.32. The van der Waals surface area contributed by atoms with Crippen LogP contribution in [0.4, 0.5) is 0 Å². The highest BCUT2D eigenvalue weighted by molar-refractivity contribution is 5.76. The van der Waals surface area contributed by atoms with Gasteiger partial charge in [-0.1, -0.05) is 49.3 Å². The second kappa shape index (κ2) is 9.73. The number of nitrogens with zero attached hydrogens (tertiary/aromatic N) is 3. The van der Waals surface area contributed by atoms with Gasteiger partial charge in [-0.2, -0.15) is 4.98 Å². The van der Waals surface area contributed by atoms with Crippen LogP contribution in [0.5, 0.6) is 5.88 Å². The lowest BCUT2D eigenvalue weighted by Crippen LogP contribution is -2.23. The Balaban J connectivity index is 1.21. The summed E-state index contributed by atoms with van der Waals surface area (Å²) in [5, 5.41) is 6.93. The topological polar surface area (TPSA) is 90.1 Å². The molecule has 1 saturated carbocycles. The summed E-state index contributed by atoms with van der Waals surface area (Å²) in [5.74, 6) is 2.73. The Bertz CT molecular complexity index is 992. The van der Waals surface area contributed by atoms with Crippen molar-refractivity contribution in [3.05, 3.63) is 59.6 Å². The quantitative estimate of drug-likeness (QED) is 0.526. The molecule has 4 rings (SSSR count). The van der Waals surface area contributed by atoms with Crippen molar-refractivity contribution in [1.29, 1.82) is 0 Å². The van der Waals surface area contributed by atoms with Crippen LogP contribution >= 0.6 is 0 Å². The average molecular weight is 421 g/mol. The van der Waals surface area contributed by atoms with Crippen LogP contribution in [0, 0.1) is 5.92 Å². The molecule has 7 heteroatoms. The average Bonchev–Trinajstić information content (AvgIpc) is 3.50. The fourth-order valence-corrected chi connectivity index (χ4v) is 3.09. The number of nitrogens with one attached hydrogen (secondary N) is 1. The van der Waals surface area contributed by atoms with E-state index in [4.69, 9.17) is 9.26 Å². The fraction of sp³-hybridized carbons (Fsp3) is 0.417. The summed E-state index contributed by atoms with van der Waals surface area (Å²) in [6, 6.07) is 11.9. The number of rotatable bonds is 10. The molecule has 2 heterocycles. The number of ether oxygens (including phenoxy) is 1. The molecule has 1 N–H and O–H groups in total. The van der Waals surface area contributed by atoms with Gasteiger partial charge < -0.3 is 14.6 Å². The van der Waals surface area contributed by atoms with E-state index < -0.39 is 0 Å². The van der Waals surface area contributed by atoms with E-state index in [1.807, 2.05) is 24.3 Å². The molecule has 0 saturated heterocycles. The van der Waals surface area contributed by atoms with Crippen LogP contribution in [0.2, 0.25) is 0 Å². The first-order valence-electron chi connectivity index (χ1n) is 10.8. The van der Waals surface area contributed by atoms with Crippen molar-refractivity contribution in [2.24, 2.45) is 5.92 Å². The maximum atomic E-state index is 12.2. The number of carbonyl (C=O) groups is 1. The number of hydrogen-bond donors (Lipinski definition) is 1. The maximum absolute atomic E-state index is 12.2. The summed E-state index contributed by atoms with van der Waals surface area (Å²) in [5.41, 5.74) is 3.10. The summed E-state index contributed by atoms with van der Waals surface area (Å²) in [6.07, 6.45) is 4.91. The Labute approximate surface area is 182 Å². The third kappa shape index (κ3) is 6.13. The molecule has 0 unspecified atom stereocenters. The molecule has 1 aliphatic carbocycles. The van der Waals surface area contributed by atoms with Gasteiger partial charge in [0, 0.05) is 37.2 Å². The normalized spacial score (nSPS) is 13.4. The zero-order valence-corrected chi connectivity index (χ0v) is 18.0. The van der Waals surface area contributed by atoms with Gasteiger partial charge in [0.25, 0.3) is 0 Å². The van der Waals surface area contributed by atoms with E-state index in [1.165, 1.54) is 18.4 Å². The molecule has 0 spiro atoms. The zero-order chi connectivity index (χ0) is 21.6. The number of amides is 1. The smallest absolute Gasteiger partial charge is 0.227 e. The molecule has 0 radical (unpaired) electrons. The molecule has 162 valence electrons. The molecule has 1 aliphatic rings. The molecular weight excluding hydrogens is 392 g/mol. The summed E-state index contributed by atoms with van der Waals surface area (Å²) < 4.78 is 10.9. The van der Waals surface area contributed by atoms with Gasteiger partial charge in [0.05, 0.1) is 6.61 Å². The minimum absolute atomic E-state index is 0.0740. The van der Waals surface area contributed by atoms with Crippen LogP contribution in [0.1, 0.15) is 56.0 Å². The Kier molecular flexibility index (Phi) is 6.60. The summed E-state index contributed by atoms with van der Waals surface area (Å²) in [6.45, 7) is 5.47. The van der Waals surface area contributed by atoms with Gasteiger partial charge in [-0.3, -0.25) is 4.79 Å². The van der Waals surface area contributed by atoms with Gasteiger partial charge in [0.2, 0.25) is 23.5 Å². The van der Waals surface area contributed by atoms with Crippen LogP contribution in [0.25, 0.3) is 11.4 Å². The molecule has 1 aromatic carbocycles. The SMILES string of the molecule is CC(C)c1ccc(-c2noc(CCC(=O)NCc3ccc(OCC4CC4)nc3)n2)cc1. The van der Waals surface area contributed by atoms with E-state index >= 15 is 0 Å². The Morgan fingerprint density at radius 3 is 2.68 bits per heavy atom. The predicted octanol–water partition coefficient (Wildman–Crippen LogP) is 4.29. The van der Waals surface area contributed by atoms with Crippen molar-refractivity contribution in [1.82, 2.24) is 20.4 Å². The van der Waals surface area contributed by atoms with Crippen LogP contribution < -0.4 is 10.1 Å². The van der Waals surface area contributed by atoms with Gasteiger partial charge in [-0.25, -0.2) is 4.98 Å². The molecule has 1 amide bonds. The number of carbonyl (C=O) groups excluding carboxylic acids is 1. The highest BCUT2D eigenvalue weighted by Crippen LogP contribution is 2.29. The Hall–Kier alpha value is -3.22. The Morgan fingerprint density at radius 2 is 2.00 bits per heavy atom. The molecule has 0 bridgehead atoms. The first kappa shape index (κ1) is 21.0. The first-order valence-corrected chi connectivity index (χ1v) is 10.8. The summed E-state index contributed by atoms with van der Waals surface area (Å²) >= 11 is 0. The van der Waals surface area contributed by atoms with E-state index in [-0.39, 0.29) is 12.3 Å². The highest BCUT2D eigenvalue weighted by atomic mass is 16.5. The van der Waals surface area contributed by atoms with E-state index in [0.717, 1.165) is 17.7 Å². The Morgan fingerprint density at radius 1 is 1.19 bits per heavy atom. The number of hydrogen-bond acceptors (Lipinski definition) is 6. The van der Waals surface area contributed by atoms with E-state index in [2.05, 4.69) is 46.4 Å². The third-order valence-corrected chi connectivity index (χ3v) is 5.32. The van der Waals surface area contributed by atoms with E-state index in [0.29, 0.717) is 42.4 Å². The lowest BCUT2D eigenvalue weighted by molar-refractivity contribution is -0.121. The van der Waals surface area contributed by atoms with Crippen LogP contribution in [0.3, 0.4) is 0 Å². The molecule has 2 aromatic heterocycles. The van der Waals surface area contributed by atoms with Gasteiger partial charge in [-0.15, -0.1) is 0 Å². The predicted molar refractivity (Wildman–Crippen MR) is 116 cm³/mol. The molecule has 31 heavy (non-hydrogen) atoms. The highest BCUT2D eigenvalue weighted by Gasteiger charge is 2.22. The van der Waals surface area contributed by atoms with Crippen molar-refractivity contribution in [2.45, 2.75) is 52.0 Å². The van der Waals surface area contributed by atoms with Crippen LogP contribution in [-0.2, 0) is 17.8 Å². The monoisotopic (exact) mass is 420 g/mol. The van der Waals surface area contributed by atoms with Crippen LogP contribution in [0.15, 0.2) is 47.1 Å². The molecule has 0 aliphatic heterocycles. The second-order valence-corrected chi connectivity index (χ2v) is 8.32. The van der Waals surface area contributed by atoms with Crippen LogP contribution in [-0.4, -0.2) is 27.6 Å². The first-order chi connectivity index (χ1) is 15.1. The van der Waals surface area contributed by atoms with Crippen molar-refractivity contribution in [2.75, 3.05) is 6.61 Å². The fourth-order valence-electron chi connectivity index (χ4n) is 3.09.